The van der Waals surface area contributed by atoms with Crippen LogP contribution in [0.1, 0.15) is 77.7 Å². The molecule has 5 heteroatoms. The predicted molar refractivity (Wildman–Crippen MR) is 121 cm³/mol. The molecule has 4 aliphatic rings. The number of halogens is 1. The normalized spacial score (nSPS) is 44.1. The van der Waals surface area contributed by atoms with E-state index in [-0.39, 0.29) is 28.8 Å². The van der Waals surface area contributed by atoms with Crippen molar-refractivity contribution in [3.05, 3.63) is 16.9 Å². The van der Waals surface area contributed by atoms with Gasteiger partial charge in [-0.15, -0.1) is 0 Å². The second-order valence-corrected chi connectivity index (χ2v) is 12.1. The molecule has 9 atom stereocenters. The van der Waals surface area contributed by atoms with Crippen LogP contribution >= 0.6 is 11.6 Å². The van der Waals surface area contributed by atoms with Crippen molar-refractivity contribution in [1.29, 1.82) is 5.26 Å². The third kappa shape index (κ3) is 3.47. The lowest BCUT2D eigenvalue weighted by molar-refractivity contribution is -0.131. The van der Waals surface area contributed by atoms with Gasteiger partial charge in [-0.25, -0.2) is 0 Å². The fourth-order valence-corrected chi connectivity index (χ4v) is 9.14. The van der Waals surface area contributed by atoms with Gasteiger partial charge in [-0.1, -0.05) is 38.8 Å². The Kier molecular flexibility index (Phi) is 5.48. The van der Waals surface area contributed by atoms with E-state index in [4.69, 9.17) is 16.9 Å². The molecule has 5 rings (SSSR count). The molecule has 4 aliphatic carbocycles. The van der Waals surface area contributed by atoms with Crippen LogP contribution in [-0.2, 0) is 11.3 Å². The van der Waals surface area contributed by atoms with Gasteiger partial charge in [-0.3, -0.25) is 9.48 Å². The van der Waals surface area contributed by atoms with Crippen LogP contribution in [0.4, 0.5) is 0 Å². The zero-order chi connectivity index (χ0) is 21.9. The van der Waals surface area contributed by atoms with Gasteiger partial charge in [0.2, 0.25) is 0 Å². The Morgan fingerprint density at radius 2 is 1.97 bits per heavy atom. The van der Waals surface area contributed by atoms with Gasteiger partial charge in [0.1, 0.15) is 11.6 Å². The Balaban J connectivity index is 1.35. The summed E-state index contributed by atoms with van der Waals surface area (Å²) in [6, 6.07) is 2.05. The highest BCUT2D eigenvalue weighted by Gasteiger charge is 2.60. The molecule has 168 valence electrons. The first-order valence-corrected chi connectivity index (χ1v) is 12.9. The Morgan fingerprint density at radius 3 is 2.71 bits per heavy atom. The van der Waals surface area contributed by atoms with Crippen LogP contribution in [0.15, 0.2) is 6.20 Å². The van der Waals surface area contributed by atoms with Crippen LogP contribution in [0.3, 0.4) is 0 Å². The van der Waals surface area contributed by atoms with Crippen molar-refractivity contribution in [2.45, 2.75) is 78.7 Å². The molecule has 1 aromatic heterocycles. The SMILES string of the molecule is C[C@H]1CC[C@@H]2C3CC[C@@]4(C)C([C@@H]3CC[C@@H]2C1)[C@H](C)C[C@@H]4C(=O)Cn1cc(C#N)c(Cl)n1. The lowest BCUT2D eigenvalue weighted by atomic mass is 9.48. The number of fused-ring (bicyclic) bond motifs is 5. The maximum atomic E-state index is 13.5. The molecule has 31 heavy (non-hydrogen) atoms. The highest BCUT2D eigenvalue weighted by atomic mass is 35.5. The molecule has 0 N–H and O–H groups in total. The standard InChI is InChI=1S/C26H36ClN3O/c1-15-4-6-19-17(10-15)5-7-21-20(19)8-9-26(3)22(11-16(2)24(21)26)23(31)14-30-13-18(12-28)25(27)29-30/h13,15-17,19-22,24H,4-11,14H2,1-3H3/t15-,16+,17+,19-,20?,21+,22+,24?,26+/m0/s1. The quantitative estimate of drug-likeness (QED) is 0.566. The second-order valence-electron chi connectivity index (χ2n) is 11.7. The smallest absolute Gasteiger partial charge is 0.168 e. The molecule has 0 saturated heterocycles. The topological polar surface area (TPSA) is 58.7 Å². The van der Waals surface area contributed by atoms with E-state index in [2.05, 4.69) is 25.9 Å². The minimum Gasteiger partial charge on any atom is -0.297 e. The summed E-state index contributed by atoms with van der Waals surface area (Å²) in [4.78, 5) is 13.5. The first-order chi connectivity index (χ1) is 14.8. The summed E-state index contributed by atoms with van der Waals surface area (Å²) >= 11 is 6.02. The Morgan fingerprint density at radius 1 is 1.19 bits per heavy atom. The van der Waals surface area contributed by atoms with E-state index in [1.165, 1.54) is 44.9 Å². The van der Waals surface area contributed by atoms with Crippen molar-refractivity contribution in [2.75, 3.05) is 0 Å². The molecule has 4 saturated carbocycles. The molecule has 0 aromatic carbocycles. The van der Waals surface area contributed by atoms with Gasteiger partial charge in [0.25, 0.3) is 0 Å². The van der Waals surface area contributed by atoms with E-state index in [1.54, 1.807) is 10.9 Å². The number of Topliss-reactive ketones (excluding diaryl/α,β-unsaturated/α-hetero) is 1. The molecule has 0 amide bonds. The first-order valence-electron chi connectivity index (χ1n) is 12.5. The number of carbonyl (C=O) groups excluding carboxylic acids is 1. The third-order valence-electron chi connectivity index (χ3n) is 10.1. The second kappa shape index (κ2) is 7.91. The molecule has 4 nitrogen and oxygen atoms in total. The fourth-order valence-electron chi connectivity index (χ4n) is 8.95. The number of rotatable bonds is 3. The molecule has 4 fully saturated rings. The molecule has 0 aliphatic heterocycles. The van der Waals surface area contributed by atoms with Gasteiger partial charge in [0.15, 0.2) is 10.9 Å². The molecule has 1 aromatic rings. The van der Waals surface area contributed by atoms with Crippen LogP contribution in [0.25, 0.3) is 0 Å². The Labute approximate surface area is 191 Å². The van der Waals surface area contributed by atoms with Crippen LogP contribution < -0.4 is 0 Å². The van der Waals surface area contributed by atoms with Crippen molar-refractivity contribution in [2.24, 2.45) is 52.8 Å². The summed E-state index contributed by atoms with van der Waals surface area (Å²) in [6.45, 7) is 7.51. The van der Waals surface area contributed by atoms with Gasteiger partial charge in [0.05, 0.1) is 6.54 Å². The van der Waals surface area contributed by atoms with Crippen LogP contribution in [0.5, 0.6) is 0 Å². The van der Waals surface area contributed by atoms with Gasteiger partial charge in [0, 0.05) is 12.1 Å². The molecule has 0 radical (unpaired) electrons. The van der Waals surface area contributed by atoms with Crippen LogP contribution in [0.2, 0.25) is 5.15 Å². The predicted octanol–water partition coefficient (Wildman–Crippen LogP) is 6.13. The number of ketones is 1. The highest BCUT2D eigenvalue weighted by molar-refractivity contribution is 6.30. The lowest BCUT2D eigenvalue weighted by Gasteiger charge is -2.56. The molecular formula is C26H36ClN3O. The van der Waals surface area contributed by atoms with Gasteiger partial charge in [-0.2, -0.15) is 10.4 Å². The number of carbonyl (C=O) groups is 1. The molecule has 1 heterocycles. The largest absolute Gasteiger partial charge is 0.297 e. The summed E-state index contributed by atoms with van der Waals surface area (Å²) in [5.41, 5.74) is 0.457. The van der Waals surface area contributed by atoms with Crippen molar-refractivity contribution in [3.8, 4) is 6.07 Å². The average molecular weight is 442 g/mol. The summed E-state index contributed by atoms with van der Waals surface area (Å²) in [5, 5.41) is 13.5. The minimum atomic E-state index is 0.103. The summed E-state index contributed by atoms with van der Waals surface area (Å²) in [5.74, 6) is 6.19. The minimum absolute atomic E-state index is 0.103. The van der Waals surface area contributed by atoms with E-state index in [9.17, 15) is 4.79 Å². The van der Waals surface area contributed by atoms with Gasteiger partial charge >= 0.3 is 0 Å². The van der Waals surface area contributed by atoms with E-state index in [1.807, 2.05) is 6.07 Å². The molecular weight excluding hydrogens is 406 g/mol. The Hall–Kier alpha value is -1.34. The summed E-state index contributed by atoms with van der Waals surface area (Å²) in [7, 11) is 0. The van der Waals surface area contributed by atoms with E-state index in [0.717, 1.165) is 36.0 Å². The van der Waals surface area contributed by atoms with E-state index >= 15 is 0 Å². The molecule has 0 bridgehead atoms. The maximum Gasteiger partial charge on any atom is 0.168 e. The number of hydrogen-bond donors (Lipinski definition) is 0. The van der Waals surface area contributed by atoms with Crippen LogP contribution in [0, 0.1) is 64.1 Å². The van der Waals surface area contributed by atoms with Gasteiger partial charge in [-0.05, 0) is 91.8 Å². The Bertz CT molecular complexity index is 903. The van der Waals surface area contributed by atoms with Crippen molar-refractivity contribution < 1.29 is 4.79 Å². The highest BCUT2D eigenvalue weighted by Crippen LogP contribution is 2.66. The number of nitriles is 1. The van der Waals surface area contributed by atoms with Crippen LogP contribution in [-0.4, -0.2) is 15.6 Å². The first kappa shape index (κ1) is 21.5. The van der Waals surface area contributed by atoms with Crippen molar-refractivity contribution in [1.82, 2.24) is 9.78 Å². The fraction of sp³-hybridized carbons (Fsp3) is 0.808. The number of nitrogens with zero attached hydrogens (tertiary/aromatic N) is 3. The third-order valence-corrected chi connectivity index (χ3v) is 10.4. The maximum absolute atomic E-state index is 13.5. The monoisotopic (exact) mass is 441 g/mol. The lowest BCUT2D eigenvalue weighted by Crippen LogP contribution is -2.50. The zero-order valence-corrected chi connectivity index (χ0v) is 19.9. The van der Waals surface area contributed by atoms with Gasteiger partial charge < -0.3 is 0 Å². The van der Waals surface area contributed by atoms with E-state index < -0.39 is 0 Å². The summed E-state index contributed by atoms with van der Waals surface area (Å²) < 4.78 is 1.57. The summed E-state index contributed by atoms with van der Waals surface area (Å²) in [6.07, 6.45) is 12.2. The zero-order valence-electron chi connectivity index (χ0n) is 19.2. The van der Waals surface area contributed by atoms with Crippen molar-refractivity contribution >= 4 is 17.4 Å². The van der Waals surface area contributed by atoms with E-state index in [0.29, 0.717) is 17.4 Å². The average Bonchev–Trinajstić information content (AvgIpc) is 3.23. The molecule has 2 unspecified atom stereocenters. The van der Waals surface area contributed by atoms with Crippen molar-refractivity contribution in [3.63, 3.8) is 0 Å². The molecule has 0 spiro atoms. The number of hydrogen-bond acceptors (Lipinski definition) is 3. The number of aromatic nitrogens is 2.